The number of nitrogens with zero attached hydrogens (tertiary/aromatic N) is 3. The number of carbonyl (C=O) groups is 2. The quantitative estimate of drug-likeness (QED) is 0.690. The molecule has 1 heterocycles. The van der Waals surface area contributed by atoms with Gasteiger partial charge in [-0.05, 0) is 38.7 Å². The number of likely N-dealkylation sites (N-methyl/N-ethyl adjacent to an activating group) is 1. The number of ether oxygens (including phenoxy) is 1. The Bertz CT molecular complexity index is 838. The zero-order chi connectivity index (χ0) is 20.8. The fourth-order valence-corrected chi connectivity index (χ4v) is 3.37. The maximum atomic E-state index is 13.0. The Balaban J connectivity index is 1.69. The first-order valence-corrected chi connectivity index (χ1v) is 9.99. The zero-order valence-electron chi connectivity index (χ0n) is 17.4. The van der Waals surface area contributed by atoms with E-state index in [1.165, 1.54) is 0 Å². The number of benzene rings is 2. The summed E-state index contributed by atoms with van der Waals surface area (Å²) in [6, 6.07) is 17.5. The van der Waals surface area contributed by atoms with Gasteiger partial charge in [-0.25, -0.2) is 0 Å². The summed E-state index contributed by atoms with van der Waals surface area (Å²) in [7, 11) is 3.99. The highest BCUT2D eigenvalue weighted by molar-refractivity contribution is 6.00. The number of hydrogen-bond donors (Lipinski definition) is 0. The normalized spacial score (nSPS) is 15.8. The molecule has 1 aliphatic heterocycles. The second kappa shape index (κ2) is 9.56. The van der Waals surface area contributed by atoms with Crippen molar-refractivity contribution in [3.63, 3.8) is 0 Å². The van der Waals surface area contributed by atoms with Gasteiger partial charge in [0.2, 0.25) is 5.91 Å². The van der Waals surface area contributed by atoms with Gasteiger partial charge in [-0.2, -0.15) is 0 Å². The molecule has 0 saturated heterocycles. The summed E-state index contributed by atoms with van der Waals surface area (Å²) >= 11 is 0. The fourth-order valence-electron chi connectivity index (χ4n) is 3.37. The molecule has 2 aromatic carbocycles. The van der Waals surface area contributed by atoms with E-state index in [0.717, 1.165) is 17.8 Å². The molecule has 1 atom stereocenters. The molecule has 0 fully saturated rings. The van der Waals surface area contributed by atoms with E-state index in [1.54, 1.807) is 11.8 Å². The average Bonchev–Trinajstić information content (AvgIpc) is 2.72. The Labute approximate surface area is 172 Å². The third-order valence-corrected chi connectivity index (χ3v) is 5.01. The van der Waals surface area contributed by atoms with Gasteiger partial charge in [0.1, 0.15) is 5.75 Å². The molecule has 154 valence electrons. The van der Waals surface area contributed by atoms with Crippen LogP contribution in [0, 0.1) is 0 Å². The summed E-state index contributed by atoms with van der Waals surface area (Å²) in [5.74, 6) is 0.611. The maximum Gasteiger partial charge on any atom is 0.267 e. The van der Waals surface area contributed by atoms with E-state index in [-0.39, 0.29) is 18.2 Å². The highest BCUT2D eigenvalue weighted by atomic mass is 16.5. The number of fused-ring (bicyclic) bond motifs is 1. The second-order valence-corrected chi connectivity index (χ2v) is 7.57. The second-order valence-electron chi connectivity index (χ2n) is 7.57. The van der Waals surface area contributed by atoms with Gasteiger partial charge in [-0.3, -0.25) is 9.59 Å². The van der Waals surface area contributed by atoms with Crippen molar-refractivity contribution in [3.8, 4) is 5.75 Å². The molecule has 0 radical (unpaired) electrons. The van der Waals surface area contributed by atoms with E-state index >= 15 is 0 Å². The molecule has 6 heteroatoms. The first-order chi connectivity index (χ1) is 14.0. The summed E-state index contributed by atoms with van der Waals surface area (Å²) in [6.45, 7) is 4.08. The van der Waals surface area contributed by atoms with Crippen LogP contribution < -0.4 is 9.64 Å². The molecule has 1 aliphatic rings. The van der Waals surface area contributed by atoms with Crippen molar-refractivity contribution in [2.24, 2.45) is 0 Å². The Hall–Kier alpha value is -2.86. The lowest BCUT2D eigenvalue weighted by Crippen LogP contribution is -2.46. The Morgan fingerprint density at radius 3 is 2.45 bits per heavy atom. The van der Waals surface area contributed by atoms with Crippen LogP contribution in [0.3, 0.4) is 0 Å². The molecular formula is C23H29N3O3. The molecule has 0 aliphatic carbocycles. The number of amides is 2. The van der Waals surface area contributed by atoms with Gasteiger partial charge in [0.05, 0.1) is 5.69 Å². The van der Waals surface area contributed by atoms with E-state index < -0.39 is 6.10 Å². The molecule has 29 heavy (non-hydrogen) atoms. The van der Waals surface area contributed by atoms with Crippen LogP contribution in [0.15, 0.2) is 54.6 Å². The van der Waals surface area contributed by atoms with Gasteiger partial charge in [-0.15, -0.1) is 0 Å². The van der Waals surface area contributed by atoms with E-state index in [0.29, 0.717) is 25.4 Å². The van der Waals surface area contributed by atoms with Crippen molar-refractivity contribution >= 4 is 17.5 Å². The third kappa shape index (κ3) is 5.35. The number of rotatable bonds is 8. The van der Waals surface area contributed by atoms with Gasteiger partial charge in [-0.1, -0.05) is 42.5 Å². The molecule has 0 N–H and O–H groups in total. The van der Waals surface area contributed by atoms with Gasteiger partial charge in [0.25, 0.3) is 5.91 Å². The molecule has 0 saturated carbocycles. The Morgan fingerprint density at radius 2 is 1.72 bits per heavy atom. The molecule has 6 nitrogen and oxygen atoms in total. The van der Waals surface area contributed by atoms with Crippen LogP contribution in [0.25, 0.3) is 0 Å². The van der Waals surface area contributed by atoms with E-state index in [9.17, 15) is 9.59 Å². The smallest absolute Gasteiger partial charge is 0.267 e. The lowest BCUT2D eigenvalue weighted by Gasteiger charge is -2.33. The minimum atomic E-state index is -0.547. The molecule has 0 bridgehead atoms. The first kappa shape index (κ1) is 20.9. The monoisotopic (exact) mass is 395 g/mol. The van der Waals surface area contributed by atoms with Crippen LogP contribution >= 0.6 is 0 Å². The Morgan fingerprint density at radius 1 is 1.03 bits per heavy atom. The average molecular weight is 396 g/mol. The van der Waals surface area contributed by atoms with E-state index in [2.05, 4.69) is 4.90 Å². The van der Waals surface area contributed by atoms with Crippen LogP contribution in [0.2, 0.25) is 0 Å². The summed E-state index contributed by atoms with van der Waals surface area (Å²) in [4.78, 5) is 31.3. The van der Waals surface area contributed by atoms with Crippen LogP contribution in [0.1, 0.15) is 18.9 Å². The SMILES string of the molecule is CC1Oc2ccccc2N(CCC(=O)N(CCN(C)C)Cc2ccccc2)C1=O. The highest BCUT2D eigenvalue weighted by Crippen LogP contribution is 2.33. The number of anilines is 1. The topological polar surface area (TPSA) is 53.1 Å². The molecule has 2 amide bonds. The van der Waals surface area contributed by atoms with E-state index in [1.807, 2.05) is 73.6 Å². The van der Waals surface area contributed by atoms with Crippen molar-refractivity contribution in [3.05, 3.63) is 60.2 Å². The molecule has 1 unspecified atom stereocenters. The predicted molar refractivity (Wildman–Crippen MR) is 114 cm³/mol. The van der Waals surface area contributed by atoms with Crippen LogP contribution in [-0.2, 0) is 16.1 Å². The lowest BCUT2D eigenvalue weighted by atomic mass is 10.1. The summed E-state index contributed by atoms with van der Waals surface area (Å²) in [5.41, 5.74) is 1.83. The van der Waals surface area contributed by atoms with Gasteiger partial charge < -0.3 is 19.4 Å². The summed E-state index contributed by atoms with van der Waals surface area (Å²) in [5, 5.41) is 0. The lowest BCUT2D eigenvalue weighted by molar-refractivity contribution is -0.132. The van der Waals surface area contributed by atoms with E-state index in [4.69, 9.17) is 4.74 Å². The van der Waals surface area contributed by atoms with Crippen LogP contribution in [-0.4, -0.2) is 61.4 Å². The molecular weight excluding hydrogens is 366 g/mol. The zero-order valence-corrected chi connectivity index (χ0v) is 17.4. The number of para-hydroxylation sites is 2. The van der Waals surface area contributed by atoms with Gasteiger partial charge >= 0.3 is 0 Å². The van der Waals surface area contributed by atoms with Crippen molar-refractivity contribution in [1.82, 2.24) is 9.80 Å². The van der Waals surface area contributed by atoms with Gasteiger partial charge in [0, 0.05) is 32.6 Å². The minimum Gasteiger partial charge on any atom is -0.479 e. The number of carbonyl (C=O) groups excluding carboxylic acids is 2. The van der Waals surface area contributed by atoms with Gasteiger partial charge in [0.15, 0.2) is 6.10 Å². The highest BCUT2D eigenvalue weighted by Gasteiger charge is 2.31. The molecule has 2 aromatic rings. The largest absolute Gasteiger partial charge is 0.479 e. The van der Waals surface area contributed by atoms with Crippen molar-refractivity contribution in [2.45, 2.75) is 26.0 Å². The van der Waals surface area contributed by atoms with Crippen LogP contribution in [0.5, 0.6) is 5.75 Å². The first-order valence-electron chi connectivity index (χ1n) is 9.99. The van der Waals surface area contributed by atoms with Crippen molar-refractivity contribution in [2.75, 3.05) is 38.6 Å². The van der Waals surface area contributed by atoms with Crippen molar-refractivity contribution < 1.29 is 14.3 Å². The number of hydrogen-bond acceptors (Lipinski definition) is 4. The molecule has 0 aromatic heterocycles. The maximum absolute atomic E-state index is 13.0. The predicted octanol–water partition coefficient (Wildman–Crippen LogP) is 2.78. The van der Waals surface area contributed by atoms with Crippen molar-refractivity contribution in [1.29, 1.82) is 0 Å². The summed E-state index contributed by atoms with van der Waals surface area (Å²) < 4.78 is 5.68. The third-order valence-electron chi connectivity index (χ3n) is 5.01. The molecule has 0 spiro atoms. The standard InChI is InChI=1S/C23H29N3O3/c1-18-23(28)26(20-11-7-8-12-21(20)29-18)14-13-22(27)25(16-15-24(2)3)17-19-9-5-4-6-10-19/h4-12,18H,13-17H2,1-3H3. The summed E-state index contributed by atoms with van der Waals surface area (Å²) in [6.07, 6.45) is -0.276. The minimum absolute atomic E-state index is 0.0418. The fraction of sp³-hybridized carbons (Fsp3) is 0.391. The Kier molecular flexibility index (Phi) is 6.88. The molecule has 3 rings (SSSR count). The van der Waals surface area contributed by atoms with Crippen LogP contribution in [0.4, 0.5) is 5.69 Å².